The Kier molecular flexibility index (Phi) is 5.74. The molecule has 2 aromatic carbocycles. The molecule has 0 aliphatic rings. The third kappa shape index (κ3) is 4.56. The van der Waals surface area contributed by atoms with E-state index in [1.165, 1.54) is 0 Å². The van der Waals surface area contributed by atoms with E-state index in [4.69, 9.17) is 9.15 Å². The van der Waals surface area contributed by atoms with Gasteiger partial charge in [-0.1, -0.05) is 11.6 Å². The van der Waals surface area contributed by atoms with Gasteiger partial charge in [-0.15, -0.1) is 0 Å². The number of hydrogen-bond donors (Lipinski definition) is 1. The third-order valence-electron chi connectivity index (χ3n) is 4.10. The summed E-state index contributed by atoms with van der Waals surface area (Å²) in [7, 11) is 1.60. The molecule has 1 heterocycles. The fourth-order valence-electron chi connectivity index (χ4n) is 2.69. The van der Waals surface area contributed by atoms with E-state index in [1.807, 2.05) is 49.4 Å². The van der Waals surface area contributed by atoms with Crippen LogP contribution in [0.4, 0.5) is 0 Å². The molecule has 0 saturated carbocycles. The minimum Gasteiger partial charge on any atom is -0.548 e. The highest BCUT2D eigenvalue weighted by Gasteiger charge is 2.07. The van der Waals surface area contributed by atoms with Crippen LogP contribution in [0.3, 0.4) is 0 Å². The number of aliphatic carboxylic acids is 1. The van der Waals surface area contributed by atoms with Crippen molar-refractivity contribution in [1.82, 2.24) is 5.32 Å². The molecule has 1 N–H and O–H groups in total. The number of carboxylic acids is 1. The van der Waals surface area contributed by atoms with Gasteiger partial charge in [0, 0.05) is 17.0 Å². The van der Waals surface area contributed by atoms with Crippen molar-refractivity contribution >= 4 is 22.8 Å². The van der Waals surface area contributed by atoms with Crippen LogP contribution in [0.1, 0.15) is 5.56 Å². The molecule has 0 spiro atoms. The van der Waals surface area contributed by atoms with E-state index in [9.17, 15) is 14.7 Å². The van der Waals surface area contributed by atoms with Crippen LogP contribution in [0, 0.1) is 6.92 Å². The van der Waals surface area contributed by atoms with Crippen molar-refractivity contribution < 1.29 is 23.8 Å². The van der Waals surface area contributed by atoms with E-state index in [1.54, 1.807) is 13.2 Å². The number of fused-ring (bicyclic) bond motifs is 1. The summed E-state index contributed by atoms with van der Waals surface area (Å²) >= 11 is 0. The molecule has 28 heavy (non-hydrogen) atoms. The molecular formula is C21H19N2O5-. The van der Waals surface area contributed by atoms with Crippen LogP contribution in [-0.4, -0.2) is 32.1 Å². The number of carboxylic acid groups (broad SMARTS) is 1. The van der Waals surface area contributed by atoms with Crippen molar-refractivity contribution in [3.05, 3.63) is 59.5 Å². The Morgan fingerprint density at radius 2 is 1.89 bits per heavy atom. The number of carbonyl (C=O) groups excluding carboxylic acids is 2. The standard InChI is InChI=1S/C21H20N2O5/c1-13-3-8-18-16(9-13)17(22-11-20(24)23-12-21(25)26)10-19(28-18)14-4-6-15(27-2)7-5-14/h3-10H,11-12H2,1-2H3,(H,23,24)(H,25,26)/p-1. The quantitative estimate of drug-likeness (QED) is 0.693. The molecule has 3 aromatic rings. The molecule has 0 unspecified atom stereocenters. The van der Waals surface area contributed by atoms with Crippen LogP contribution in [-0.2, 0) is 9.59 Å². The molecule has 0 aliphatic carbocycles. The molecule has 0 aliphatic heterocycles. The maximum absolute atomic E-state index is 11.8. The number of benzene rings is 2. The highest BCUT2D eigenvalue weighted by atomic mass is 16.5. The first-order chi connectivity index (χ1) is 13.5. The predicted molar refractivity (Wildman–Crippen MR) is 101 cm³/mol. The Bertz CT molecular complexity index is 1080. The zero-order valence-electron chi connectivity index (χ0n) is 15.5. The van der Waals surface area contributed by atoms with Gasteiger partial charge in [0.2, 0.25) is 5.91 Å². The number of methoxy groups -OCH3 is 1. The van der Waals surface area contributed by atoms with Gasteiger partial charge in [0.05, 0.1) is 25.0 Å². The van der Waals surface area contributed by atoms with Crippen LogP contribution in [0.5, 0.6) is 5.75 Å². The maximum atomic E-state index is 11.8. The number of hydrogen-bond acceptors (Lipinski definition) is 6. The Labute approximate surface area is 161 Å². The second-order valence-electron chi connectivity index (χ2n) is 6.19. The van der Waals surface area contributed by atoms with Crippen molar-refractivity contribution in [1.29, 1.82) is 0 Å². The summed E-state index contributed by atoms with van der Waals surface area (Å²) in [6, 6.07) is 14.9. The van der Waals surface area contributed by atoms with Crippen LogP contribution in [0.15, 0.2) is 57.9 Å². The first-order valence-electron chi connectivity index (χ1n) is 8.62. The maximum Gasteiger partial charge on any atom is 0.241 e. The Morgan fingerprint density at radius 1 is 1.14 bits per heavy atom. The summed E-state index contributed by atoms with van der Waals surface area (Å²) in [6.45, 7) is 1.20. The molecule has 0 bridgehead atoms. The number of amides is 1. The van der Waals surface area contributed by atoms with Crippen LogP contribution >= 0.6 is 0 Å². The fourth-order valence-corrected chi connectivity index (χ4v) is 2.69. The van der Waals surface area contributed by atoms with Gasteiger partial charge in [-0.05, 0) is 43.3 Å². The van der Waals surface area contributed by atoms with Gasteiger partial charge in [-0.25, -0.2) is 0 Å². The summed E-state index contributed by atoms with van der Waals surface area (Å²) in [4.78, 5) is 26.6. The predicted octanol–water partition coefficient (Wildman–Crippen LogP) is 1.18. The van der Waals surface area contributed by atoms with Crippen LogP contribution in [0.2, 0.25) is 0 Å². The molecule has 3 rings (SSSR count). The zero-order chi connectivity index (χ0) is 20.1. The summed E-state index contributed by atoms with van der Waals surface area (Å²) in [5, 5.41) is 14.0. The van der Waals surface area contributed by atoms with Gasteiger partial charge in [0.15, 0.2) is 0 Å². The van der Waals surface area contributed by atoms with E-state index in [-0.39, 0.29) is 6.54 Å². The van der Waals surface area contributed by atoms with Gasteiger partial charge in [-0.2, -0.15) is 0 Å². The van der Waals surface area contributed by atoms with E-state index in [0.29, 0.717) is 16.7 Å². The lowest BCUT2D eigenvalue weighted by Crippen LogP contribution is -2.38. The molecule has 144 valence electrons. The zero-order valence-corrected chi connectivity index (χ0v) is 15.5. The Hall–Kier alpha value is -3.61. The van der Waals surface area contributed by atoms with Crippen molar-refractivity contribution in [2.45, 2.75) is 6.92 Å². The summed E-state index contributed by atoms with van der Waals surface area (Å²) < 4.78 is 11.2. The minimum atomic E-state index is -1.35. The van der Waals surface area contributed by atoms with Crippen molar-refractivity contribution in [3.8, 4) is 17.1 Å². The van der Waals surface area contributed by atoms with Gasteiger partial charge in [0.1, 0.15) is 23.6 Å². The van der Waals surface area contributed by atoms with Gasteiger partial charge < -0.3 is 24.4 Å². The second-order valence-corrected chi connectivity index (χ2v) is 6.19. The molecular weight excluding hydrogens is 360 g/mol. The number of nitrogens with zero attached hydrogens (tertiary/aromatic N) is 1. The van der Waals surface area contributed by atoms with Crippen molar-refractivity contribution in [2.24, 2.45) is 4.99 Å². The second kappa shape index (κ2) is 8.39. The third-order valence-corrected chi connectivity index (χ3v) is 4.10. The molecule has 0 fully saturated rings. The van der Waals surface area contributed by atoms with Crippen LogP contribution < -0.4 is 20.5 Å². The smallest absolute Gasteiger partial charge is 0.241 e. The highest BCUT2D eigenvalue weighted by molar-refractivity contribution is 5.83. The van der Waals surface area contributed by atoms with E-state index in [0.717, 1.165) is 22.3 Å². The van der Waals surface area contributed by atoms with Gasteiger partial charge >= 0.3 is 0 Å². The lowest BCUT2D eigenvalue weighted by atomic mass is 10.1. The van der Waals surface area contributed by atoms with Gasteiger partial charge in [-0.3, -0.25) is 9.79 Å². The van der Waals surface area contributed by atoms with E-state index < -0.39 is 18.4 Å². The number of nitrogens with one attached hydrogen (secondary N) is 1. The first-order valence-corrected chi connectivity index (χ1v) is 8.62. The molecule has 0 saturated heterocycles. The first kappa shape index (κ1) is 19.2. The van der Waals surface area contributed by atoms with Crippen molar-refractivity contribution in [2.75, 3.05) is 20.2 Å². The Balaban J connectivity index is 2.03. The monoisotopic (exact) mass is 379 g/mol. The molecule has 1 aromatic heterocycles. The van der Waals surface area contributed by atoms with Crippen molar-refractivity contribution in [3.63, 3.8) is 0 Å². The largest absolute Gasteiger partial charge is 0.548 e. The molecule has 0 radical (unpaired) electrons. The normalized spacial score (nSPS) is 11.4. The minimum absolute atomic E-state index is 0.206. The molecule has 7 heteroatoms. The summed E-state index contributed by atoms with van der Waals surface area (Å²) in [6.07, 6.45) is 0. The topological polar surface area (TPSA) is 104 Å². The van der Waals surface area contributed by atoms with Gasteiger partial charge in [0.25, 0.3) is 0 Å². The summed E-state index contributed by atoms with van der Waals surface area (Å²) in [5.41, 5.74) is 2.49. The molecule has 7 nitrogen and oxygen atoms in total. The average molecular weight is 379 g/mol. The summed E-state index contributed by atoms with van der Waals surface area (Å²) in [5.74, 6) is -0.533. The number of ether oxygens (including phenoxy) is 1. The number of rotatable bonds is 6. The average Bonchev–Trinajstić information content (AvgIpc) is 2.70. The molecule has 0 atom stereocenters. The van der Waals surface area contributed by atoms with E-state index in [2.05, 4.69) is 10.3 Å². The number of carbonyl (C=O) groups is 2. The Morgan fingerprint density at radius 3 is 2.57 bits per heavy atom. The SMILES string of the molecule is COc1ccc(-c2cc(=NCC(=O)NCC(=O)[O-])c3cc(C)ccc3o2)cc1. The lowest BCUT2D eigenvalue weighted by molar-refractivity contribution is -0.304. The van der Waals surface area contributed by atoms with E-state index >= 15 is 0 Å². The lowest BCUT2D eigenvalue weighted by Gasteiger charge is -2.07. The molecule has 1 amide bonds. The number of aryl methyl sites for hydroxylation is 1. The fraction of sp³-hybridized carbons (Fsp3) is 0.190. The van der Waals surface area contributed by atoms with Crippen LogP contribution in [0.25, 0.3) is 22.3 Å². The highest BCUT2D eigenvalue weighted by Crippen LogP contribution is 2.24.